The molecule has 150 valence electrons. The van der Waals surface area contributed by atoms with E-state index in [1.807, 2.05) is 4.90 Å². The fourth-order valence-corrected chi connectivity index (χ4v) is 4.08. The summed E-state index contributed by atoms with van der Waals surface area (Å²) in [5, 5.41) is 7.73. The summed E-state index contributed by atoms with van der Waals surface area (Å²) < 4.78 is 2.10. The minimum atomic E-state index is -0.310. The van der Waals surface area contributed by atoms with E-state index >= 15 is 0 Å². The summed E-state index contributed by atoms with van der Waals surface area (Å²) >= 11 is 0. The normalized spacial score (nSPS) is 19.4. The van der Waals surface area contributed by atoms with Gasteiger partial charge in [-0.05, 0) is 51.4 Å². The summed E-state index contributed by atoms with van der Waals surface area (Å²) in [5.41, 5.74) is 7.41. The van der Waals surface area contributed by atoms with Crippen LogP contribution in [0, 0.1) is 5.92 Å². The smallest absolute Gasteiger partial charge is 0.231 e. The standard InChI is InChI=1S/C19H32N6O2/c1-2-6-23-7-3-8-25-17(13-23)11-16(22-25)12-21-19(27)15-4-9-24(10-5-15)14-18(20)26/h11,15H,2-10,12-14H2,1H3,(H2,20,26)(H,21,27). The first-order valence-electron chi connectivity index (χ1n) is 10.1. The maximum absolute atomic E-state index is 12.5. The molecule has 3 N–H and O–H groups in total. The fourth-order valence-electron chi connectivity index (χ4n) is 4.08. The number of nitrogens with zero attached hydrogens (tertiary/aromatic N) is 4. The van der Waals surface area contributed by atoms with Crippen LogP contribution >= 0.6 is 0 Å². The molecule has 8 heteroatoms. The maximum Gasteiger partial charge on any atom is 0.231 e. The second-order valence-corrected chi connectivity index (χ2v) is 7.71. The van der Waals surface area contributed by atoms with E-state index in [2.05, 4.69) is 33.0 Å². The van der Waals surface area contributed by atoms with Gasteiger partial charge >= 0.3 is 0 Å². The number of hydrogen-bond donors (Lipinski definition) is 2. The topological polar surface area (TPSA) is 96.5 Å². The van der Waals surface area contributed by atoms with Gasteiger partial charge in [-0.25, -0.2) is 0 Å². The van der Waals surface area contributed by atoms with E-state index in [1.165, 1.54) is 5.69 Å². The summed E-state index contributed by atoms with van der Waals surface area (Å²) in [6, 6.07) is 2.13. The molecule has 0 unspecified atom stereocenters. The van der Waals surface area contributed by atoms with Crippen molar-refractivity contribution in [2.45, 2.75) is 52.2 Å². The van der Waals surface area contributed by atoms with Crippen LogP contribution in [-0.4, -0.2) is 64.1 Å². The molecule has 0 bridgehead atoms. The lowest BCUT2D eigenvalue weighted by atomic mass is 9.96. The molecule has 8 nitrogen and oxygen atoms in total. The number of piperidine rings is 1. The Morgan fingerprint density at radius 2 is 2.00 bits per heavy atom. The van der Waals surface area contributed by atoms with Gasteiger partial charge in [-0.15, -0.1) is 0 Å². The molecule has 1 aromatic heterocycles. The molecule has 1 saturated heterocycles. The molecule has 2 amide bonds. The molecule has 3 rings (SSSR count). The number of carbonyl (C=O) groups is 2. The van der Waals surface area contributed by atoms with Gasteiger partial charge in [-0.3, -0.25) is 24.1 Å². The van der Waals surface area contributed by atoms with Crippen molar-refractivity contribution >= 4 is 11.8 Å². The summed E-state index contributed by atoms with van der Waals surface area (Å²) in [7, 11) is 0. The number of carbonyl (C=O) groups excluding carboxylic acids is 2. The van der Waals surface area contributed by atoms with Gasteiger partial charge in [0, 0.05) is 25.6 Å². The first kappa shape index (κ1) is 19.8. The van der Waals surface area contributed by atoms with E-state index in [1.54, 1.807) is 0 Å². The Kier molecular flexibility index (Phi) is 6.84. The Morgan fingerprint density at radius 1 is 1.22 bits per heavy atom. The molecular weight excluding hydrogens is 344 g/mol. The zero-order chi connectivity index (χ0) is 19.2. The molecule has 1 aromatic rings. The molecule has 0 spiro atoms. The highest BCUT2D eigenvalue weighted by molar-refractivity contribution is 5.79. The minimum Gasteiger partial charge on any atom is -0.369 e. The lowest BCUT2D eigenvalue weighted by Crippen LogP contribution is -2.43. The molecule has 0 aromatic carbocycles. The van der Waals surface area contributed by atoms with Gasteiger partial charge in [0.05, 0.1) is 24.5 Å². The molecule has 3 heterocycles. The Morgan fingerprint density at radius 3 is 2.70 bits per heavy atom. The van der Waals surface area contributed by atoms with Crippen LogP contribution in [0.15, 0.2) is 6.07 Å². The van der Waals surface area contributed by atoms with Crippen LogP contribution in [0.3, 0.4) is 0 Å². The zero-order valence-corrected chi connectivity index (χ0v) is 16.3. The van der Waals surface area contributed by atoms with Crippen molar-refractivity contribution in [1.82, 2.24) is 24.9 Å². The third-order valence-electron chi connectivity index (χ3n) is 5.47. The van der Waals surface area contributed by atoms with Gasteiger partial charge in [0.2, 0.25) is 11.8 Å². The number of fused-ring (bicyclic) bond motifs is 1. The second-order valence-electron chi connectivity index (χ2n) is 7.71. The Labute approximate surface area is 161 Å². The maximum atomic E-state index is 12.5. The highest BCUT2D eigenvalue weighted by atomic mass is 16.2. The largest absolute Gasteiger partial charge is 0.369 e. The summed E-state index contributed by atoms with van der Waals surface area (Å²) in [5.74, 6) is -0.214. The number of amides is 2. The number of hydrogen-bond acceptors (Lipinski definition) is 5. The monoisotopic (exact) mass is 376 g/mol. The van der Waals surface area contributed by atoms with Crippen LogP contribution in [0.25, 0.3) is 0 Å². The number of likely N-dealkylation sites (tertiary alicyclic amines) is 1. The van der Waals surface area contributed by atoms with E-state index in [0.29, 0.717) is 6.54 Å². The molecular formula is C19H32N6O2. The van der Waals surface area contributed by atoms with E-state index in [0.717, 1.165) is 70.6 Å². The molecule has 0 radical (unpaired) electrons. The lowest BCUT2D eigenvalue weighted by molar-refractivity contribution is -0.126. The predicted octanol–water partition coefficient (Wildman–Crippen LogP) is 0.312. The highest BCUT2D eigenvalue weighted by Crippen LogP contribution is 2.18. The van der Waals surface area contributed by atoms with Crippen LogP contribution in [0.1, 0.15) is 44.0 Å². The van der Waals surface area contributed by atoms with Crippen molar-refractivity contribution < 1.29 is 9.59 Å². The zero-order valence-electron chi connectivity index (χ0n) is 16.3. The van der Waals surface area contributed by atoms with Crippen LogP contribution in [-0.2, 0) is 29.2 Å². The van der Waals surface area contributed by atoms with Crippen LogP contribution < -0.4 is 11.1 Å². The number of primary amides is 1. The SMILES string of the molecule is CCCN1CCCn2nc(CNC(=O)C3CCN(CC(N)=O)CC3)cc2C1. The number of nitrogens with one attached hydrogen (secondary N) is 1. The van der Waals surface area contributed by atoms with Crippen molar-refractivity contribution in [3.63, 3.8) is 0 Å². The van der Waals surface area contributed by atoms with Crippen molar-refractivity contribution in [1.29, 1.82) is 0 Å². The lowest BCUT2D eigenvalue weighted by Gasteiger charge is -2.30. The Bertz CT molecular complexity index is 651. The summed E-state index contributed by atoms with van der Waals surface area (Å²) in [4.78, 5) is 28.0. The van der Waals surface area contributed by atoms with Crippen LogP contribution in [0.4, 0.5) is 0 Å². The van der Waals surface area contributed by atoms with Gasteiger partial charge < -0.3 is 11.1 Å². The average Bonchev–Trinajstić information content (AvgIpc) is 2.92. The quantitative estimate of drug-likeness (QED) is 0.714. The predicted molar refractivity (Wildman–Crippen MR) is 103 cm³/mol. The van der Waals surface area contributed by atoms with Gasteiger partial charge in [0.15, 0.2) is 0 Å². The van der Waals surface area contributed by atoms with Gasteiger partial charge in [-0.1, -0.05) is 6.92 Å². The van der Waals surface area contributed by atoms with Gasteiger partial charge in [0.1, 0.15) is 0 Å². The minimum absolute atomic E-state index is 0.00890. The molecule has 2 aliphatic heterocycles. The molecule has 27 heavy (non-hydrogen) atoms. The van der Waals surface area contributed by atoms with Crippen molar-refractivity contribution in [3.8, 4) is 0 Å². The van der Waals surface area contributed by atoms with Crippen molar-refractivity contribution in [2.24, 2.45) is 11.7 Å². The van der Waals surface area contributed by atoms with Crippen LogP contribution in [0.2, 0.25) is 0 Å². The molecule has 2 aliphatic rings. The molecule has 0 atom stereocenters. The third kappa shape index (κ3) is 5.52. The molecule has 0 aliphatic carbocycles. The average molecular weight is 377 g/mol. The molecule has 0 saturated carbocycles. The Hall–Kier alpha value is -1.93. The van der Waals surface area contributed by atoms with Gasteiger partial charge in [-0.2, -0.15) is 5.10 Å². The number of nitrogens with two attached hydrogens (primary N) is 1. The third-order valence-corrected chi connectivity index (χ3v) is 5.47. The van der Waals surface area contributed by atoms with E-state index in [-0.39, 0.29) is 24.3 Å². The number of aromatic nitrogens is 2. The first-order valence-corrected chi connectivity index (χ1v) is 10.1. The molecule has 1 fully saturated rings. The van der Waals surface area contributed by atoms with E-state index in [9.17, 15) is 9.59 Å². The van der Waals surface area contributed by atoms with E-state index in [4.69, 9.17) is 5.73 Å². The highest BCUT2D eigenvalue weighted by Gasteiger charge is 2.25. The fraction of sp³-hybridized carbons (Fsp3) is 0.737. The van der Waals surface area contributed by atoms with Crippen LogP contribution in [0.5, 0.6) is 0 Å². The van der Waals surface area contributed by atoms with Crippen molar-refractivity contribution in [2.75, 3.05) is 32.7 Å². The summed E-state index contributed by atoms with van der Waals surface area (Å²) in [6.45, 7) is 8.58. The number of rotatable bonds is 7. The summed E-state index contributed by atoms with van der Waals surface area (Å²) in [6.07, 6.45) is 3.81. The second kappa shape index (κ2) is 9.32. The number of aryl methyl sites for hydroxylation is 1. The van der Waals surface area contributed by atoms with E-state index < -0.39 is 0 Å². The first-order chi connectivity index (χ1) is 13.0. The van der Waals surface area contributed by atoms with Gasteiger partial charge in [0.25, 0.3) is 0 Å². The van der Waals surface area contributed by atoms with Crippen molar-refractivity contribution in [3.05, 3.63) is 17.5 Å². The Balaban J connectivity index is 1.47.